The molecule has 0 amide bonds. The number of thiophene rings is 2. The fourth-order valence-corrected chi connectivity index (χ4v) is 9.92. The van der Waals surface area contributed by atoms with Gasteiger partial charge < -0.3 is 0 Å². The molecule has 0 aliphatic rings. The summed E-state index contributed by atoms with van der Waals surface area (Å²) in [7, 11) is 0. The van der Waals surface area contributed by atoms with E-state index in [1.54, 1.807) is 0 Å². The Bertz CT molecular complexity index is 2740. The number of hydrogen-bond donors (Lipinski definition) is 0. The Morgan fingerprint density at radius 2 is 0.913 bits per heavy atom. The van der Waals surface area contributed by atoms with Crippen LogP contribution in [-0.2, 0) is 0 Å². The van der Waals surface area contributed by atoms with Crippen molar-refractivity contribution in [2.45, 2.75) is 0 Å². The molecular formula is C44H26S2. The Hall–Kier alpha value is -5.28. The van der Waals surface area contributed by atoms with Crippen molar-refractivity contribution in [3.8, 4) is 32.7 Å². The van der Waals surface area contributed by atoms with Gasteiger partial charge in [-0.1, -0.05) is 140 Å². The zero-order valence-corrected chi connectivity index (χ0v) is 26.5. The van der Waals surface area contributed by atoms with E-state index in [4.69, 9.17) is 0 Å². The summed E-state index contributed by atoms with van der Waals surface area (Å²) in [5, 5.41) is 11.8. The van der Waals surface area contributed by atoms with Gasteiger partial charge in [0.1, 0.15) is 0 Å². The molecule has 214 valence electrons. The Labute approximate surface area is 274 Å². The van der Waals surface area contributed by atoms with Crippen molar-refractivity contribution >= 4 is 85.2 Å². The first-order valence-corrected chi connectivity index (χ1v) is 17.3. The molecule has 46 heavy (non-hydrogen) atoms. The van der Waals surface area contributed by atoms with Crippen molar-refractivity contribution in [3.05, 3.63) is 158 Å². The minimum absolute atomic E-state index is 1.26. The zero-order chi connectivity index (χ0) is 30.2. The van der Waals surface area contributed by atoms with Crippen LogP contribution in [0, 0.1) is 0 Å². The highest BCUT2D eigenvalue weighted by molar-refractivity contribution is 7.28. The molecule has 0 N–H and O–H groups in total. The van der Waals surface area contributed by atoms with Crippen molar-refractivity contribution in [1.29, 1.82) is 0 Å². The fraction of sp³-hybridized carbons (Fsp3) is 0. The molecule has 0 radical (unpaired) electrons. The number of fused-ring (bicyclic) bond motifs is 8. The predicted octanol–water partition coefficient (Wildman–Crippen LogP) is 13.7. The van der Waals surface area contributed by atoms with E-state index in [9.17, 15) is 0 Å². The highest BCUT2D eigenvalue weighted by atomic mass is 32.1. The third-order valence-corrected chi connectivity index (χ3v) is 11.8. The minimum Gasteiger partial charge on any atom is -0.135 e. The smallest absolute Gasteiger partial charge is 0.0448 e. The molecule has 2 heteroatoms. The summed E-state index contributed by atoms with van der Waals surface area (Å²) in [6.07, 6.45) is 0. The van der Waals surface area contributed by atoms with Gasteiger partial charge in [0.25, 0.3) is 0 Å². The maximum atomic E-state index is 2.49. The Morgan fingerprint density at radius 1 is 0.348 bits per heavy atom. The molecule has 10 aromatic rings. The van der Waals surface area contributed by atoms with E-state index in [0.29, 0.717) is 0 Å². The second kappa shape index (κ2) is 10.1. The molecule has 0 saturated heterocycles. The van der Waals surface area contributed by atoms with Gasteiger partial charge in [-0.15, -0.1) is 22.7 Å². The molecule has 0 atom stereocenters. The number of rotatable bonds is 3. The highest BCUT2D eigenvalue weighted by Crippen LogP contribution is 2.52. The van der Waals surface area contributed by atoms with Crippen LogP contribution in [0.4, 0.5) is 0 Å². The van der Waals surface area contributed by atoms with Crippen molar-refractivity contribution in [3.63, 3.8) is 0 Å². The lowest BCUT2D eigenvalue weighted by Gasteiger charge is -2.19. The van der Waals surface area contributed by atoms with Crippen LogP contribution in [0.3, 0.4) is 0 Å². The van der Waals surface area contributed by atoms with Gasteiger partial charge in [-0.05, 0) is 78.3 Å². The summed E-state index contributed by atoms with van der Waals surface area (Å²) in [4.78, 5) is 1.31. The molecule has 0 spiro atoms. The largest absolute Gasteiger partial charge is 0.135 e. The minimum atomic E-state index is 1.26. The third kappa shape index (κ3) is 3.78. The monoisotopic (exact) mass is 618 g/mol. The average molecular weight is 619 g/mol. The first kappa shape index (κ1) is 26.0. The molecule has 8 aromatic carbocycles. The van der Waals surface area contributed by atoms with E-state index >= 15 is 0 Å². The Kier molecular flexibility index (Phi) is 5.72. The van der Waals surface area contributed by atoms with Gasteiger partial charge in [0, 0.05) is 35.1 Å². The van der Waals surface area contributed by atoms with Crippen LogP contribution in [0.25, 0.3) is 95.3 Å². The van der Waals surface area contributed by atoms with Crippen LogP contribution < -0.4 is 0 Å². The van der Waals surface area contributed by atoms with Crippen LogP contribution in [0.5, 0.6) is 0 Å². The summed E-state index contributed by atoms with van der Waals surface area (Å²) < 4.78 is 4.04. The van der Waals surface area contributed by atoms with E-state index in [1.807, 2.05) is 22.7 Å². The van der Waals surface area contributed by atoms with Gasteiger partial charge in [-0.25, -0.2) is 0 Å². The standard InChI is InChI=1S/C44H26S2/c1-2-14-28(15-3-1)39-25-36-40(45-39)26-37(43-35-22-10-11-24-38(35)46-44(36)43)42-33-20-8-6-18-31(33)41(32-19-7-9-21-34(32)42)30-23-12-16-27-13-4-5-17-29(27)30/h1-26H. The van der Waals surface area contributed by atoms with Crippen LogP contribution in [0.2, 0.25) is 0 Å². The summed E-state index contributed by atoms with van der Waals surface area (Å²) in [5.41, 5.74) is 6.50. The summed E-state index contributed by atoms with van der Waals surface area (Å²) in [6, 6.07) is 58.2. The summed E-state index contributed by atoms with van der Waals surface area (Å²) in [5.74, 6) is 0. The topological polar surface area (TPSA) is 0 Å². The first-order valence-electron chi connectivity index (χ1n) is 15.7. The van der Waals surface area contributed by atoms with E-state index in [1.165, 1.54) is 95.3 Å². The van der Waals surface area contributed by atoms with Gasteiger partial charge in [0.2, 0.25) is 0 Å². The van der Waals surface area contributed by atoms with Crippen molar-refractivity contribution < 1.29 is 0 Å². The summed E-state index contributed by atoms with van der Waals surface area (Å²) >= 11 is 3.83. The van der Waals surface area contributed by atoms with Gasteiger partial charge in [-0.2, -0.15) is 0 Å². The average Bonchev–Trinajstić information content (AvgIpc) is 3.73. The normalized spacial score (nSPS) is 11.9. The lowest BCUT2D eigenvalue weighted by atomic mass is 9.84. The van der Waals surface area contributed by atoms with Crippen molar-refractivity contribution in [2.75, 3.05) is 0 Å². The lowest BCUT2D eigenvalue weighted by Crippen LogP contribution is -1.92. The highest BCUT2D eigenvalue weighted by Gasteiger charge is 2.22. The van der Waals surface area contributed by atoms with Crippen LogP contribution in [-0.4, -0.2) is 0 Å². The molecule has 0 saturated carbocycles. The molecule has 10 rings (SSSR count). The van der Waals surface area contributed by atoms with Gasteiger partial charge in [0.15, 0.2) is 0 Å². The zero-order valence-electron chi connectivity index (χ0n) is 24.8. The Morgan fingerprint density at radius 3 is 1.63 bits per heavy atom. The Balaban J connectivity index is 1.38. The molecule has 0 nitrogen and oxygen atoms in total. The van der Waals surface area contributed by atoms with Crippen LogP contribution in [0.15, 0.2) is 158 Å². The van der Waals surface area contributed by atoms with Gasteiger partial charge in [0.05, 0.1) is 0 Å². The molecular weight excluding hydrogens is 593 g/mol. The first-order chi connectivity index (χ1) is 22.8. The van der Waals surface area contributed by atoms with E-state index in [0.717, 1.165) is 0 Å². The van der Waals surface area contributed by atoms with E-state index < -0.39 is 0 Å². The number of benzene rings is 8. The second-order valence-electron chi connectivity index (χ2n) is 12.0. The van der Waals surface area contributed by atoms with Crippen molar-refractivity contribution in [1.82, 2.24) is 0 Å². The molecule has 0 aliphatic carbocycles. The second-order valence-corrected chi connectivity index (χ2v) is 14.1. The molecule has 0 aliphatic heterocycles. The van der Waals surface area contributed by atoms with Crippen LogP contribution in [0.1, 0.15) is 0 Å². The molecule has 2 heterocycles. The van der Waals surface area contributed by atoms with Crippen LogP contribution >= 0.6 is 22.7 Å². The quantitative estimate of drug-likeness (QED) is 0.173. The molecule has 0 unspecified atom stereocenters. The maximum Gasteiger partial charge on any atom is 0.0448 e. The predicted molar refractivity (Wildman–Crippen MR) is 204 cm³/mol. The molecule has 2 aromatic heterocycles. The fourth-order valence-electron chi connectivity index (χ4n) is 7.49. The van der Waals surface area contributed by atoms with Gasteiger partial charge in [-0.3, -0.25) is 0 Å². The third-order valence-electron chi connectivity index (χ3n) is 9.46. The maximum absolute atomic E-state index is 2.49. The summed E-state index contributed by atoms with van der Waals surface area (Å²) in [6.45, 7) is 0. The SMILES string of the molecule is c1ccc(-c2cc3c(cc(-c4c5ccccc5c(-c5cccc6ccccc56)c5ccccc45)c4c5ccccc5sc34)s2)cc1. The molecule has 0 fully saturated rings. The van der Waals surface area contributed by atoms with Gasteiger partial charge >= 0.3 is 0 Å². The van der Waals surface area contributed by atoms with Crippen molar-refractivity contribution in [2.24, 2.45) is 0 Å². The van der Waals surface area contributed by atoms with E-state index in [2.05, 4.69) is 158 Å². The number of hydrogen-bond acceptors (Lipinski definition) is 2. The lowest BCUT2D eigenvalue weighted by molar-refractivity contribution is 1.70. The molecule has 0 bridgehead atoms. The van der Waals surface area contributed by atoms with E-state index in [-0.39, 0.29) is 0 Å².